The van der Waals surface area contributed by atoms with E-state index in [-0.39, 0.29) is 5.41 Å². The van der Waals surface area contributed by atoms with Gasteiger partial charge in [0.25, 0.3) is 0 Å². The van der Waals surface area contributed by atoms with E-state index in [1.54, 1.807) is 23.1 Å². The number of hydrogen-bond acceptors (Lipinski definition) is 5. The van der Waals surface area contributed by atoms with Crippen molar-refractivity contribution in [3.05, 3.63) is 40.6 Å². The van der Waals surface area contributed by atoms with E-state index in [1.165, 1.54) is 0 Å². The number of benzene rings is 1. The fourth-order valence-corrected chi connectivity index (χ4v) is 3.64. The summed E-state index contributed by atoms with van der Waals surface area (Å²) in [6.45, 7) is 4.83. The van der Waals surface area contributed by atoms with E-state index in [2.05, 4.69) is 21.9 Å². The number of rotatable bonds is 3. The molecule has 0 saturated carbocycles. The molecule has 1 aromatic carbocycles. The molecule has 1 saturated heterocycles. The molecule has 136 valence electrons. The summed E-state index contributed by atoms with van der Waals surface area (Å²) < 4.78 is 1.67. The summed E-state index contributed by atoms with van der Waals surface area (Å²) in [7, 11) is 0. The van der Waals surface area contributed by atoms with Crippen molar-refractivity contribution in [2.24, 2.45) is 11.1 Å². The molecule has 3 heterocycles. The minimum absolute atomic E-state index is 0.224. The van der Waals surface area contributed by atoms with Gasteiger partial charge in [-0.1, -0.05) is 36.2 Å². The monoisotopic (exact) mass is 390 g/mol. The lowest BCUT2D eigenvalue weighted by molar-refractivity contribution is 0.258. The van der Waals surface area contributed by atoms with Gasteiger partial charge in [-0.25, -0.2) is 14.6 Å². The highest BCUT2D eigenvalue weighted by atomic mass is 35.5. The summed E-state index contributed by atoms with van der Waals surface area (Å²) in [5, 5.41) is 5.33. The van der Waals surface area contributed by atoms with E-state index in [0.29, 0.717) is 21.4 Å². The number of aromatic nitrogens is 4. The van der Waals surface area contributed by atoms with Gasteiger partial charge in [0.2, 0.25) is 0 Å². The molecule has 8 heteroatoms. The Morgan fingerprint density at radius 2 is 1.96 bits per heavy atom. The Morgan fingerprint density at radius 1 is 1.19 bits per heavy atom. The third kappa shape index (κ3) is 3.02. The molecule has 0 atom stereocenters. The van der Waals surface area contributed by atoms with Crippen molar-refractivity contribution in [2.45, 2.75) is 19.8 Å². The quantitative estimate of drug-likeness (QED) is 0.737. The molecule has 0 spiro atoms. The highest BCUT2D eigenvalue weighted by Crippen LogP contribution is 2.32. The molecule has 1 aliphatic heterocycles. The second-order valence-electron chi connectivity index (χ2n) is 7.07. The number of anilines is 1. The van der Waals surface area contributed by atoms with Crippen LogP contribution in [-0.4, -0.2) is 39.4 Å². The van der Waals surface area contributed by atoms with Gasteiger partial charge >= 0.3 is 0 Å². The molecule has 2 N–H and O–H groups in total. The molecule has 2 aromatic heterocycles. The fraction of sp³-hybridized carbons (Fsp3) is 0.389. The van der Waals surface area contributed by atoms with Crippen molar-refractivity contribution in [1.82, 2.24) is 19.7 Å². The van der Waals surface area contributed by atoms with E-state index in [0.717, 1.165) is 43.8 Å². The molecule has 0 bridgehead atoms. The SMILES string of the molecule is CC1(CN)CCN(c2cnc3c(cnn3-c3cccc(Cl)c3Cl)n2)CC1. The molecule has 6 nitrogen and oxygen atoms in total. The van der Waals surface area contributed by atoms with Crippen molar-refractivity contribution >= 4 is 40.2 Å². The van der Waals surface area contributed by atoms with Gasteiger partial charge in [-0.2, -0.15) is 5.10 Å². The summed E-state index contributed by atoms with van der Waals surface area (Å²) in [4.78, 5) is 11.6. The zero-order valence-corrected chi connectivity index (χ0v) is 16.0. The number of hydrogen-bond donors (Lipinski definition) is 1. The van der Waals surface area contributed by atoms with Crippen molar-refractivity contribution in [1.29, 1.82) is 0 Å². The first-order chi connectivity index (χ1) is 12.5. The highest BCUT2D eigenvalue weighted by Gasteiger charge is 2.29. The summed E-state index contributed by atoms with van der Waals surface area (Å²) in [6.07, 6.45) is 5.61. The highest BCUT2D eigenvalue weighted by molar-refractivity contribution is 6.43. The number of nitrogens with zero attached hydrogens (tertiary/aromatic N) is 5. The van der Waals surface area contributed by atoms with Gasteiger partial charge in [-0.3, -0.25) is 0 Å². The van der Waals surface area contributed by atoms with Crippen LogP contribution in [-0.2, 0) is 0 Å². The van der Waals surface area contributed by atoms with Crippen LogP contribution >= 0.6 is 23.2 Å². The van der Waals surface area contributed by atoms with E-state index in [4.69, 9.17) is 33.9 Å². The summed E-state index contributed by atoms with van der Waals surface area (Å²) >= 11 is 12.4. The molecule has 0 unspecified atom stereocenters. The molecule has 1 aliphatic rings. The van der Waals surface area contributed by atoms with Gasteiger partial charge in [0.15, 0.2) is 5.65 Å². The van der Waals surface area contributed by atoms with Gasteiger partial charge in [0.1, 0.15) is 11.3 Å². The normalized spacial score (nSPS) is 17.0. The Hall–Kier alpha value is -1.89. The lowest BCUT2D eigenvalue weighted by atomic mass is 9.80. The van der Waals surface area contributed by atoms with Crippen molar-refractivity contribution in [3.8, 4) is 5.69 Å². The Balaban J connectivity index is 1.65. The van der Waals surface area contributed by atoms with Crippen LogP contribution in [0.5, 0.6) is 0 Å². The zero-order valence-electron chi connectivity index (χ0n) is 14.5. The van der Waals surface area contributed by atoms with Crippen LogP contribution in [0.25, 0.3) is 16.9 Å². The lowest BCUT2D eigenvalue weighted by Crippen LogP contribution is -2.42. The number of nitrogens with two attached hydrogens (primary N) is 1. The second kappa shape index (κ2) is 6.68. The smallest absolute Gasteiger partial charge is 0.181 e. The van der Waals surface area contributed by atoms with E-state index >= 15 is 0 Å². The van der Waals surface area contributed by atoms with Gasteiger partial charge < -0.3 is 10.6 Å². The molecule has 1 fully saturated rings. The standard InChI is InChI=1S/C18H20Cl2N6/c1-18(11-21)5-7-25(8-6-18)15-10-22-17-13(24-15)9-23-26(17)14-4-2-3-12(19)16(14)20/h2-4,9-10H,5-8,11,21H2,1H3. The van der Waals surface area contributed by atoms with E-state index < -0.39 is 0 Å². The molecule has 26 heavy (non-hydrogen) atoms. The first-order valence-electron chi connectivity index (χ1n) is 8.61. The Bertz CT molecular complexity index is 946. The molecule has 0 aliphatic carbocycles. The van der Waals surface area contributed by atoms with Crippen molar-refractivity contribution in [3.63, 3.8) is 0 Å². The Kier molecular flexibility index (Phi) is 4.50. The summed E-state index contributed by atoms with van der Waals surface area (Å²) in [6, 6.07) is 5.43. The second-order valence-corrected chi connectivity index (χ2v) is 7.85. The number of piperidine rings is 1. The molecule has 3 aromatic rings. The molecule has 0 amide bonds. The molecular weight excluding hydrogens is 371 g/mol. The number of halogens is 2. The Morgan fingerprint density at radius 3 is 2.69 bits per heavy atom. The van der Waals surface area contributed by atoms with Gasteiger partial charge in [0.05, 0.1) is 28.1 Å². The minimum atomic E-state index is 0.224. The maximum absolute atomic E-state index is 6.32. The lowest BCUT2D eigenvalue weighted by Gasteiger charge is -2.39. The third-order valence-corrected chi connectivity index (χ3v) is 6.02. The molecular formula is C18H20Cl2N6. The predicted octanol–water partition coefficient (Wildman–Crippen LogP) is 3.69. The predicted molar refractivity (Wildman–Crippen MR) is 105 cm³/mol. The van der Waals surface area contributed by atoms with Gasteiger partial charge in [0, 0.05) is 13.1 Å². The van der Waals surface area contributed by atoms with Crippen molar-refractivity contribution in [2.75, 3.05) is 24.5 Å². The van der Waals surface area contributed by atoms with Gasteiger partial charge in [-0.15, -0.1) is 0 Å². The topological polar surface area (TPSA) is 72.9 Å². The molecule has 0 radical (unpaired) electrons. The maximum atomic E-state index is 6.32. The maximum Gasteiger partial charge on any atom is 0.181 e. The van der Waals surface area contributed by atoms with Crippen LogP contribution in [0.15, 0.2) is 30.6 Å². The van der Waals surface area contributed by atoms with E-state index in [1.807, 2.05) is 12.1 Å². The average molecular weight is 391 g/mol. The van der Waals surface area contributed by atoms with Crippen LogP contribution < -0.4 is 10.6 Å². The first kappa shape index (κ1) is 17.5. The van der Waals surface area contributed by atoms with Crippen LogP contribution in [0.2, 0.25) is 10.0 Å². The Labute approximate surface area is 161 Å². The van der Waals surface area contributed by atoms with Crippen LogP contribution in [0.4, 0.5) is 5.82 Å². The average Bonchev–Trinajstić information content (AvgIpc) is 3.07. The number of fused-ring (bicyclic) bond motifs is 1. The summed E-state index contributed by atoms with van der Waals surface area (Å²) in [5.41, 5.74) is 8.19. The largest absolute Gasteiger partial charge is 0.355 e. The minimum Gasteiger partial charge on any atom is -0.355 e. The molecule has 4 rings (SSSR count). The summed E-state index contributed by atoms with van der Waals surface area (Å²) in [5.74, 6) is 0.869. The third-order valence-electron chi connectivity index (χ3n) is 5.21. The fourth-order valence-electron chi connectivity index (χ4n) is 3.27. The van der Waals surface area contributed by atoms with Crippen molar-refractivity contribution < 1.29 is 0 Å². The van der Waals surface area contributed by atoms with E-state index in [9.17, 15) is 0 Å². The van der Waals surface area contributed by atoms with Gasteiger partial charge in [-0.05, 0) is 36.9 Å². The van der Waals surface area contributed by atoms with Crippen LogP contribution in [0.1, 0.15) is 19.8 Å². The van der Waals surface area contributed by atoms with Crippen LogP contribution in [0.3, 0.4) is 0 Å². The zero-order chi connectivity index (χ0) is 18.3. The van der Waals surface area contributed by atoms with Crippen LogP contribution in [0, 0.1) is 5.41 Å². The first-order valence-corrected chi connectivity index (χ1v) is 9.36.